The SMILES string of the molecule is CCNc1cccc(NCc2ccc(CC)cc2)n1. The number of aromatic nitrogens is 1. The average Bonchev–Trinajstić information content (AvgIpc) is 2.46. The summed E-state index contributed by atoms with van der Waals surface area (Å²) < 4.78 is 0. The second kappa shape index (κ2) is 6.78. The van der Waals surface area contributed by atoms with Gasteiger partial charge in [0.05, 0.1) is 0 Å². The van der Waals surface area contributed by atoms with Crippen molar-refractivity contribution in [2.24, 2.45) is 0 Å². The maximum absolute atomic E-state index is 4.49. The van der Waals surface area contributed by atoms with Crippen molar-refractivity contribution in [3.8, 4) is 0 Å². The molecule has 100 valence electrons. The number of rotatable bonds is 6. The zero-order valence-corrected chi connectivity index (χ0v) is 11.6. The molecule has 0 spiro atoms. The number of benzene rings is 1. The molecular weight excluding hydrogens is 234 g/mol. The Balaban J connectivity index is 1.95. The molecule has 1 heterocycles. The van der Waals surface area contributed by atoms with Crippen LogP contribution in [0.5, 0.6) is 0 Å². The minimum absolute atomic E-state index is 0.798. The Morgan fingerprint density at radius 3 is 2.11 bits per heavy atom. The van der Waals surface area contributed by atoms with Crippen LogP contribution in [0.3, 0.4) is 0 Å². The van der Waals surface area contributed by atoms with Crippen LogP contribution in [0.15, 0.2) is 42.5 Å². The highest BCUT2D eigenvalue weighted by Crippen LogP contribution is 2.11. The van der Waals surface area contributed by atoms with Gasteiger partial charge in [-0.25, -0.2) is 4.98 Å². The first-order chi connectivity index (χ1) is 9.31. The van der Waals surface area contributed by atoms with Crippen molar-refractivity contribution in [2.75, 3.05) is 17.2 Å². The normalized spacial score (nSPS) is 10.2. The highest BCUT2D eigenvalue weighted by atomic mass is 15.1. The van der Waals surface area contributed by atoms with Crippen LogP contribution in [0, 0.1) is 0 Å². The summed E-state index contributed by atoms with van der Waals surface area (Å²) in [6.45, 7) is 5.92. The van der Waals surface area contributed by atoms with Gasteiger partial charge in [-0.05, 0) is 36.6 Å². The van der Waals surface area contributed by atoms with Crippen molar-refractivity contribution in [1.29, 1.82) is 0 Å². The smallest absolute Gasteiger partial charge is 0.128 e. The molecule has 0 saturated heterocycles. The lowest BCUT2D eigenvalue weighted by molar-refractivity contribution is 1.08. The minimum atomic E-state index is 0.798. The van der Waals surface area contributed by atoms with Crippen LogP contribution in [0.1, 0.15) is 25.0 Å². The molecule has 0 bridgehead atoms. The van der Waals surface area contributed by atoms with Gasteiger partial charge in [0.25, 0.3) is 0 Å². The van der Waals surface area contributed by atoms with E-state index in [0.29, 0.717) is 0 Å². The summed E-state index contributed by atoms with van der Waals surface area (Å²) in [7, 11) is 0. The third kappa shape index (κ3) is 3.98. The van der Waals surface area contributed by atoms with E-state index >= 15 is 0 Å². The lowest BCUT2D eigenvalue weighted by atomic mass is 10.1. The van der Waals surface area contributed by atoms with Gasteiger partial charge in [0.2, 0.25) is 0 Å². The van der Waals surface area contributed by atoms with Crippen molar-refractivity contribution < 1.29 is 0 Å². The van der Waals surface area contributed by atoms with Crippen LogP contribution in [0.25, 0.3) is 0 Å². The van der Waals surface area contributed by atoms with Crippen molar-refractivity contribution in [1.82, 2.24) is 4.98 Å². The van der Waals surface area contributed by atoms with Gasteiger partial charge < -0.3 is 10.6 Å². The molecule has 19 heavy (non-hydrogen) atoms. The molecule has 1 aromatic heterocycles. The largest absolute Gasteiger partial charge is 0.370 e. The van der Waals surface area contributed by atoms with E-state index in [-0.39, 0.29) is 0 Å². The van der Waals surface area contributed by atoms with E-state index in [2.05, 4.69) is 53.7 Å². The van der Waals surface area contributed by atoms with Gasteiger partial charge in [-0.15, -0.1) is 0 Å². The zero-order chi connectivity index (χ0) is 13.5. The summed E-state index contributed by atoms with van der Waals surface area (Å²) >= 11 is 0. The molecule has 3 nitrogen and oxygen atoms in total. The molecule has 0 fully saturated rings. The maximum atomic E-state index is 4.49. The topological polar surface area (TPSA) is 37.0 Å². The van der Waals surface area contributed by atoms with Crippen molar-refractivity contribution >= 4 is 11.6 Å². The number of nitrogens with one attached hydrogen (secondary N) is 2. The third-order valence-electron chi connectivity index (χ3n) is 3.01. The molecule has 2 rings (SSSR count). The van der Waals surface area contributed by atoms with Crippen molar-refractivity contribution in [3.05, 3.63) is 53.6 Å². The summed E-state index contributed by atoms with van der Waals surface area (Å²) in [5.41, 5.74) is 2.64. The summed E-state index contributed by atoms with van der Waals surface area (Å²) in [5, 5.41) is 6.56. The molecule has 0 aliphatic carbocycles. The Labute approximate surface area is 115 Å². The highest BCUT2D eigenvalue weighted by molar-refractivity contribution is 5.45. The van der Waals surface area contributed by atoms with Gasteiger partial charge in [0.1, 0.15) is 11.6 Å². The van der Waals surface area contributed by atoms with E-state index in [1.54, 1.807) is 0 Å². The van der Waals surface area contributed by atoms with Gasteiger partial charge in [-0.1, -0.05) is 37.3 Å². The Bertz CT molecular complexity index is 506. The predicted octanol–water partition coefficient (Wildman–Crippen LogP) is 3.69. The molecule has 0 unspecified atom stereocenters. The van der Waals surface area contributed by atoms with Crippen LogP contribution in [0.4, 0.5) is 11.6 Å². The van der Waals surface area contributed by atoms with E-state index in [1.807, 2.05) is 18.2 Å². The minimum Gasteiger partial charge on any atom is -0.370 e. The molecule has 0 radical (unpaired) electrons. The average molecular weight is 255 g/mol. The van der Waals surface area contributed by atoms with E-state index in [9.17, 15) is 0 Å². The highest BCUT2D eigenvalue weighted by Gasteiger charge is 1.97. The molecule has 0 atom stereocenters. The molecule has 2 N–H and O–H groups in total. The number of nitrogens with zero attached hydrogens (tertiary/aromatic N) is 1. The fraction of sp³-hybridized carbons (Fsp3) is 0.312. The predicted molar refractivity (Wildman–Crippen MR) is 81.5 cm³/mol. The first kappa shape index (κ1) is 13.4. The Morgan fingerprint density at radius 1 is 0.842 bits per heavy atom. The van der Waals surface area contributed by atoms with E-state index in [4.69, 9.17) is 0 Å². The lowest BCUT2D eigenvalue weighted by Gasteiger charge is -2.08. The Kier molecular flexibility index (Phi) is 4.78. The summed E-state index contributed by atoms with van der Waals surface area (Å²) in [6.07, 6.45) is 1.08. The number of anilines is 2. The van der Waals surface area contributed by atoms with E-state index < -0.39 is 0 Å². The quantitative estimate of drug-likeness (QED) is 0.826. The lowest BCUT2D eigenvalue weighted by Crippen LogP contribution is -2.04. The summed E-state index contributed by atoms with van der Waals surface area (Å²) in [6, 6.07) is 14.7. The number of aryl methyl sites for hydroxylation is 1. The fourth-order valence-electron chi connectivity index (χ4n) is 1.90. The van der Waals surface area contributed by atoms with Crippen LogP contribution < -0.4 is 10.6 Å². The standard InChI is InChI=1S/C16H21N3/c1-3-13-8-10-14(11-9-13)12-18-16-7-5-6-15(19-16)17-4-2/h5-11H,3-4,12H2,1-2H3,(H2,17,18,19). The first-order valence-electron chi connectivity index (χ1n) is 6.84. The maximum Gasteiger partial charge on any atom is 0.128 e. The van der Waals surface area contributed by atoms with Crippen LogP contribution in [0.2, 0.25) is 0 Å². The number of pyridine rings is 1. The molecule has 0 saturated carbocycles. The van der Waals surface area contributed by atoms with Crippen LogP contribution >= 0.6 is 0 Å². The monoisotopic (exact) mass is 255 g/mol. The molecule has 0 aliphatic heterocycles. The molecule has 3 heteroatoms. The van der Waals surface area contributed by atoms with Crippen LogP contribution in [-0.2, 0) is 13.0 Å². The van der Waals surface area contributed by atoms with Gasteiger partial charge in [0.15, 0.2) is 0 Å². The second-order valence-electron chi connectivity index (χ2n) is 4.46. The second-order valence-corrected chi connectivity index (χ2v) is 4.46. The first-order valence-corrected chi connectivity index (χ1v) is 6.84. The van der Waals surface area contributed by atoms with Gasteiger partial charge in [-0.3, -0.25) is 0 Å². The van der Waals surface area contributed by atoms with Crippen molar-refractivity contribution in [2.45, 2.75) is 26.8 Å². The Hall–Kier alpha value is -2.03. The molecule has 1 aromatic carbocycles. The fourth-order valence-corrected chi connectivity index (χ4v) is 1.90. The van der Waals surface area contributed by atoms with Crippen LogP contribution in [-0.4, -0.2) is 11.5 Å². The zero-order valence-electron chi connectivity index (χ0n) is 11.6. The Morgan fingerprint density at radius 2 is 1.47 bits per heavy atom. The molecule has 0 aliphatic rings. The van der Waals surface area contributed by atoms with Crippen molar-refractivity contribution in [3.63, 3.8) is 0 Å². The summed E-state index contributed by atoms with van der Waals surface area (Å²) in [4.78, 5) is 4.49. The number of hydrogen-bond acceptors (Lipinski definition) is 3. The van der Waals surface area contributed by atoms with Gasteiger partial charge in [0, 0.05) is 13.1 Å². The molecular formula is C16H21N3. The van der Waals surface area contributed by atoms with Gasteiger partial charge >= 0.3 is 0 Å². The third-order valence-corrected chi connectivity index (χ3v) is 3.01. The van der Waals surface area contributed by atoms with Gasteiger partial charge in [-0.2, -0.15) is 0 Å². The summed E-state index contributed by atoms with van der Waals surface area (Å²) in [5.74, 6) is 1.81. The molecule has 0 amide bonds. The number of hydrogen-bond donors (Lipinski definition) is 2. The molecule has 2 aromatic rings. The van der Waals surface area contributed by atoms with E-state index in [0.717, 1.165) is 31.1 Å². The van der Waals surface area contributed by atoms with E-state index in [1.165, 1.54) is 11.1 Å².